The first-order chi connectivity index (χ1) is 6.08. The van der Waals surface area contributed by atoms with Crippen molar-refractivity contribution in [3.05, 3.63) is 0 Å². The third-order valence-corrected chi connectivity index (χ3v) is 2.10. The second-order valence-corrected chi connectivity index (χ2v) is 3.37. The Labute approximate surface area is 76.3 Å². The van der Waals surface area contributed by atoms with E-state index >= 15 is 0 Å². The molecule has 0 radical (unpaired) electrons. The Morgan fingerprint density at radius 1 is 1.46 bits per heavy atom. The number of hydrogen-bond donors (Lipinski definition) is 3. The summed E-state index contributed by atoms with van der Waals surface area (Å²) in [7, 11) is 0. The van der Waals surface area contributed by atoms with Crippen molar-refractivity contribution in [3.8, 4) is 0 Å². The Hall–Kier alpha value is -1.10. The summed E-state index contributed by atoms with van der Waals surface area (Å²) in [6, 6.07) is 0.00171. The van der Waals surface area contributed by atoms with Gasteiger partial charge in [-0.1, -0.05) is 0 Å². The highest BCUT2D eigenvalue weighted by molar-refractivity contribution is 5.96. The van der Waals surface area contributed by atoms with Crippen molar-refractivity contribution in [1.29, 1.82) is 0 Å². The molecular formula is C8H14N2O3. The molecule has 1 saturated carbocycles. The zero-order valence-corrected chi connectivity index (χ0v) is 7.32. The van der Waals surface area contributed by atoms with Gasteiger partial charge in [0.2, 0.25) is 11.8 Å². The zero-order chi connectivity index (χ0) is 9.84. The van der Waals surface area contributed by atoms with Crippen LogP contribution in [0.15, 0.2) is 0 Å². The second-order valence-electron chi connectivity index (χ2n) is 3.37. The minimum Gasteiger partial charge on any atom is -0.393 e. The molecule has 2 amide bonds. The third kappa shape index (κ3) is 3.42. The summed E-state index contributed by atoms with van der Waals surface area (Å²) in [5.74, 6) is -0.984. The van der Waals surface area contributed by atoms with Crippen molar-refractivity contribution in [3.63, 3.8) is 0 Å². The van der Waals surface area contributed by atoms with Gasteiger partial charge in [-0.15, -0.1) is 0 Å². The Morgan fingerprint density at radius 2 is 2.15 bits per heavy atom. The maximum Gasteiger partial charge on any atom is 0.229 e. The number of primary amides is 1. The Morgan fingerprint density at radius 3 is 2.62 bits per heavy atom. The highest BCUT2D eigenvalue weighted by Gasteiger charge is 2.24. The predicted octanol–water partition coefficient (Wildman–Crippen LogP) is -1.11. The number of aliphatic hydroxyl groups is 1. The molecule has 4 N–H and O–H groups in total. The van der Waals surface area contributed by atoms with Crippen LogP contribution in [0.4, 0.5) is 0 Å². The molecule has 0 aromatic rings. The van der Waals surface area contributed by atoms with E-state index in [1.165, 1.54) is 0 Å². The summed E-state index contributed by atoms with van der Waals surface area (Å²) in [5.41, 5.74) is 4.85. The van der Waals surface area contributed by atoms with E-state index in [1.807, 2.05) is 0 Å². The number of carbonyl (C=O) groups is 2. The van der Waals surface area contributed by atoms with Gasteiger partial charge < -0.3 is 16.2 Å². The van der Waals surface area contributed by atoms with Crippen LogP contribution in [0.5, 0.6) is 0 Å². The van der Waals surface area contributed by atoms with Crippen LogP contribution < -0.4 is 11.1 Å². The maximum atomic E-state index is 11.0. The van der Waals surface area contributed by atoms with Crippen LogP contribution in [0.3, 0.4) is 0 Å². The summed E-state index contributed by atoms with van der Waals surface area (Å²) in [6.07, 6.45) is 1.46. The highest BCUT2D eigenvalue weighted by atomic mass is 16.3. The standard InChI is InChI=1S/C8H14N2O3/c9-7(12)4-8(13)10-5-1-2-6(11)3-5/h5-6,11H,1-4H2,(H2,9,12)(H,10,13)/t5-,6+/m0/s1. The molecule has 13 heavy (non-hydrogen) atoms. The average molecular weight is 186 g/mol. The number of amides is 2. The summed E-state index contributed by atoms with van der Waals surface area (Å²) >= 11 is 0. The molecule has 1 rings (SSSR count). The van der Waals surface area contributed by atoms with Crippen molar-refractivity contribution in [2.24, 2.45) is 5.73 Å². The van der Waals surface area contributed by atoms with E-state index in [0.717, 1.165) is 6.42 Å². The number of nitrogens with two attached hydrogens (primary N) is 1. The fourth-order valence-corrected chi connectivity index (χ4v) is 1.53. The molecule has 2 atom stereocenters. The van der Waals surface area contributed by atoms with E-state index in [9.17, 15) is 9.59 Å². The van der Waals surface area contributed by atoms with Gasteiger partial charge in [-0.3, -0.25) is 9.59 Å². The molecular weight excluding hydrogens is 172 g/mol. The van der Waals surface area contributed by atoms with Gasteiger partial charge in [0.25, 0.3) is 0 Å². The van der Waals surface area contributed by atoms with Gasteiger partial charge in [0.1, 0.15) is 6.42 Å². The molecule has 1 aliphatic carbocycles. The lowest BCUT2D eigenvalue weighted by atomic mass is 10.2. The lowest BCUT2D eigenvalue weighted by Crippen LogP contribution is -2.35. The molecule has 0 heterocycles. The Balaban J connectivity index is 2.24. The molecule has 1 fully saturated rings. The minimum absolute atomic E-state index is 0.00171. The van der Waals surface area contributed by atoms with Gasteiger partial charge in [0.15, 0.2) is 0 Å². The Bertz CT molecular complexity index is 217. The van der Waals surface area contributed by atoms with Crippen LogP contribution in [0.25, 0.3) is 0 Å². The lowest BCUT2D eigenvalue weighted by molar-refractivity contribution is -0.128. The minimum atomic E-state index is -0.629. The zero-order valence-electron chi connectivity index (χ0n) is 7.32. The SMILES string of the molecule is NC(=O)CC(=O)N[C@H]1CC[C@@H](O)C1. The first-order valence-corrected chi connectivity index (χ1v) is 4.33. The number of carbonyl (C=O) groups excluding carboxylic acids is 2. The lowest BCUT2D eigenvalue weighted by Gasteiger charge is -2.10. The number of rotatable bonds is 3. The van der Waals surface area contributed by atoms with Crippen molar-refractivity contribution >= 4 is 11.8 Å². The maximum absolute atomic E-state index is 11.0. The average Bonchev–Trinajstić information content (AvgIpc) is 2.33. The monoisotopic (exact) mass is 186 g/mol. The summed E-state index contributed by atoms with van der Waals surface area (Å²) in [4.78, 5) is 21.4. The van der Waals surface area contributed by atoms with Gasteiger partial charge in [-0.2, -0.15) is 0 Å². The van der Waals surface area contributed by atoms with E-state index in [0.29, 0.717) is 12.8 Å². The molecule has 0 aromatic heterocycles. The molecule has 0 aromatic carbocycles. The quantitative estimate of drug-likeness (QED) is 0.488. The molecule has 74 valence electrons. The molecule has 0 spiro atoms. The molecule has 0 saturated heterocycles. The smallest absolute Gasteiger partial charge is 0.229 e. The number of aliphatic hydroxyl groups excluding tert-OH is 1. The fraction of sp³-hybridized carbons (Fsp3) is 0.750. The van der Waals surface area contributed by atoms with Gasteiger partial charge in [0.05, 0.1) is 6.10 Å². The molecule has 1 aliphatic rings. The largest absolute Gasteiger partial charge is 0.393 e. The van der Waals surface area contributed by atoms with Crippen molar-refractivity contribution in [2.45, 2.75) is 37.8 Å². The molecule has 5 heteroatoms. The summed E-state index contributed by atoms with van der Waals surface area (Å²) < 4.78 is 0. The van der Waals surface area contributed by atoms with E-state index in [1.54, 1.807) is 0 Å². The normalized spacial score (nSPS) is 27.2. The van der Waals surface area contributed by atoms with Crippen LogP contribution in [0.2, 0.25) is 0 Å². The molecule has 0 bridgehead atoms. The van der Waals surface area contributed by atoms with Crippen LogP contribution in [0, 0.1) is 0 Å². The van der Waals surface area contributed by atoms with Crippen molar-refractivity contribution in [1.82, 2.24) is 5.32 Å². The first-order valence-electron chi connectivity index (χ1n) is 4.33. The van der Waals surface area contributed by atoms with Gasteiger partial charge in [-0.05, 0) is 19.3 Å². The van der Waals surface area contributed by atoms with Crippen molar-refractivity contribution in [2.75, 3.05) is 0 Å². The topological polar surface area (TPSA) is 92.4 Å². The van der Waals surface area contributed by atoms with Crippen LogP contribution >= 0.6 is 0 Å². The molecule has 0 aliphatic heterocycles. The van der Waals surface area contributed by atoms with E-state index in [4.69, 9.17) is 10.8 Å². The van der Waals surface area contributed by atoms with E-state index < -0.39 is 5.91 Å². The van der Waals surface area contributed by atoms with Crippen LogP contribution in [0.1, 0.15) is 25.7 Å². The van der Waals surface area contributed by atoms with Crippen LogP contribution in [-0.4, -0.2) is 29.1 Å². The second kappa shape index (κ2) is 4.23. The third-order valence-electron chi connectivity index (χ3n) is 2.10. The van der Waals surface area contributed by atoms with Gasteiger partial charge in [0, 0.05) is 6.04 Å². The summed E-state index contributed by atoms with van der Waals surface area (Å²) in [6.45, 7) is 0. The highest BCUT2D eigenvalue weighted by Crippen LogP contribution is 2.18. The Kier molecular flexibility index (Phi) is 3.25. The van der Waals surface area contributed by atoms with Crippen LogP contribution in [-0.2, 0) is 9.59 Å². The molecule has 5 nitrogen and oxygen atoms in total. The fourth-order valence-electron chi connectivity index (χ4n) is 1.53. The summed E-state index contributed by atoms with van der Waals surface area (Å²) in [5, 5.41) is 11.8. The van der Waals surface area contributed by atoms with Gasteiger partial charge >= 0.3 is 0 Å². The first kappa shape index (κ1) is 9.98. The van der Waals surface area contributed by atoms with E-state index in [2.05, 4.69) is 5.32 Å². The number of hydrogen-bond acceptors (Lipinski definition) is 3. The van der Waals surface area contributed by atoms with E-state index in [-0.39, 0.29) is 24.5 Å². The van der Waals surface area contributed by atoms with Crippen molar-refractivity contribution < 1.29 is 14.7 Å². The number of nitrogens with one attached hydrogen (secondary N) is 1. The molecule has 0 unspecified atom stereocenters. The van der Waals surface area contributed by atoms with Gasteiger partial charge in [-0.25, -0.2) is 0 Å². The predicted molar refractivity (Wildman–Crippen MR) is 45.6 cm³/mol.